The van der Waals surface area contributed by atoms with Crippen LogP contribution in [-0.4, -0.2) is 40.1 Å². The van der Waals surface area contributed by atoms with Crippen LogP contribution in [0.15, 0.2) is 12.3 Å². The van der Waals surface area contributed by atoms with Crippen LogP contribution in [0.3, 0.4) is 0 Å². The summed E-state index contributed by atoms with van der Waals surface area (Å²) in [5.41, 5.74) is 5.36. The van der Waals surface area contributed by atoms with Crippen molar-refractivity contribution < 1.29 is 14.3 Å². The summed E-state index contributed by atoms with van der Waals surface area (Å²) in [5.74, 6) is -1.34. The van der Waals surface area contributed by atoms with Crippen molar-refractivity contribution in [2.75, 3.05) is 18.9 Å². The predicted molar refractivity (Wildman–Crippen MR) is 69.0 cm³/mol. The molecule has 1 saturated heterocycles. The maximum absolute atomic E-state index is 13.8. The molecule has 3 N–H and O–H groups in total. The van der Waals surface area contributed by atoms with Crippen LogP contribution in [-0.2, 0) is 0 Å². The van der Waals surface area contributed by atoms with E-state index in [-0.39, 0.29) is 29.9 Å². The molecule has 1 fully saturated rings. The second-order valence-electron chi connectivity index (χ2n) is 4.72. The van der Waals surface area contributed by atoms with E-state index in [9.17, 15) is 9.18 Å². The van der Waals surface area contributed by atoms with Crippen LogP contribution in [0.1, 0.15) is 36.0 Å². The molecule has 1 unspecified atom stereocenters. The van der Waals surface area contributed by atoms with Gasteiger partial charge in [-0.25, -0.2) is 9.37 Å². The molecule has 6 heteroatoms. The average Bonchev–Trinajstić information content (AvgIpc) is 2.87. The highest BCUT2D eigenvalue weighted by atomic mass is 19.1. The number of likely N-dealkylation sites (tertiary alicyclic amines) is 1. The minimum atomic E-state index is -0.750. The van der Waals surface area contributed by atoms with Crippen LogP contribution in [0.5, 0.6) is 0 Å². The predicted octanol–water partition coefficient (Wildman–Crippen LogP) is 1.18. The Morgan fingerprint density at radius 2 is 2.42 bits per heavy atom. The Morgan fingerprint density at radius 1 is 1.63 bits per heavy atom. The lowest BCUT2D eigenvalue weighted by atomic mass is 10.1. The Kier molecular flexibility index (Phi) is 4.31. The number of anilines is 1. The van der Waals surface area contributed by atoms with Crippen molar-refractivity contribution in [3.63, 3.8) is 0 Å². The largest absolute Gasteiger partial charge is 0.396 e. The van der Waals surface area contributed by atoms with Gasteiger partial charge in [0.2, 0.25) is 0 Å². The number of nitrogen functional groups attached to an aromatic ring is 1. The maximum atomic E-state index is 13.8. The second kappa shape index (κ2) is 5.97. The van der Waals surface area contributed by atoms with Gasteiger partial charge in [0, 0.05) is 25.4 Å². The van der Waals surface area contributed by atoms with Crippen LogP contribution < -0.4 is 5.73 Å². The highest BCUT2D eigenvalue weighted by Crippen LogP contribution is 2.25. The number of halogens is 1. The SMILES string of the molecule is Nc1nccc(C(=O)N2CCCC2CCCO)c1F. The Morgan fingerprint density at radius 3 is 3.16 bits per heavy atom. The van der Waals surface area contributed by atoms with Gasteiger partial charge in [-0.05, 0) is 31.7 Å². The van der Waals surface area contributed by atoms with Gasteiger partial charge in [-0.15, -0.1) is 0 Å². The maximum Gasteiger partial charge on any atom is 0.257 e. The lowest BCUT2D eigenvalue weighted by molar-refractivity contribution is 0.0719. The monoisotopic (exact) mass is 267 g/mol. The number of pyridine rings is 1. The van der Waals surface area contributed by atoms with Gasteiger partial charge in [0.1, 0.15) is 0 Å². The number of nitrogens with two attached hydrogens (primary N) is 1. The van der Waals surface area contributed by atoms with Gasteiger partial charge in [-0.3, -0.25) is 4.79 Å². The summed E-state index contributed by atoms with van der Waals surface area (Å²) in [4.78, 5) is 17.6. The quantitative estimate of drug-likeness (QED) is 0.858. The van der Waals surface area contributed by atoms with Gasteiger partial charge in [-0.1, -0.05) is 0 Å². The van der Waals surface area contributed by atoms with Crippen LogP contribution in [0.25, 0.3) is 0 Å². The number of hydrogen-bond acceptors (Lipinski definition) is 4. The fourth-order valence-electron chi connectivity index (χ4n) is 2.51. The van der Waals surface area contributed by atoms with Crippen LogP contribution in [0.2, 0.25) is 0 Å². The smallest absolute Gasteiger partial charge is 0.257 e. The molecule has 1 atom stereocenters. The zero-order valence-corrected chi connectivity index (χ0v) is 10.7. The molecule has 0 saturated carbocycles. The molecule has 0 radical (unpaired) electrons. The first-order chi connectivity index (χ1) is 9.15. The molecule has 104 valence electrons. The highest BCUT2D eigenvalue weighted by molar-refractivity contribution is 5.95. The fraction of sp³-hybridized carbons (Fsp3) is 0.538. The van der Waals surface area contributed by atoms with Crippen LogP contribution >= 0.6 is 0 Å². The molecule has 5 nitrogen and oxygen atoms in total. The zero-order valence-electron chi connectivity index (χ0n) is 10.7. The van der Waals surface area contributed by atoms with Gasteiger partial charge in [0.15, 0.2) is 11.6 Å². The minimum Gasteiger partial charge on any atom is -0.396 e. The Labute approximate surface area is 111 Å². The molecule has 2 rings (SSSR count). The summed E-state index contributed by atoms with van der Waals surface area (Å²) in [6.07, 6.45) is 4.53. The number of rotatable bonds is 4. The standard InChI is InChI=1S/C13H18FN3O2/c14-11-10(5-6-16-12(11)15)13(19)17-7-1-3-9(17)4-2-8-18/h5-6,9,18H,1-4,7-8H2,(H2,15,16). The summed E-state index contributed by atoms with van der Waals surface area (Å²) in [5, 5.41) is 8.86. The first kappa shape index (κ1) is 13.7. The number of nitrogens with zero attached hydrogens (tertiary/aromatic N) is 2. The summed E-state index contributed by atoms with van der Waals surface area (Å²) in [6.45, 7) is 0.728. The molecule has 0 spiro atoms. The molecular weight excluding hydrogens is 249 g/mol. The molecule has 2 heterocycles. The molecule has 0 aromatic carbocycles. The lowest BCUT2D eigenvalue weighted by Gasteiger charge is -2.24. The normalized spacial score (nSPS) is 18.8. The molecule has 1 aliphatic rings. The van der Waals surface area contributed by atoms with Crippen LogP contribution in [0, 0.1) is 5.82 Å². The van der Waals surface area contributed by atoms with E-state index < -0.39 is 5.82 Å². The van der Waals surface area contributed by atoms with Gasteiger partial charge >= 0.3 is 0 Å². The molecule has 1 amide bonds. The van der Waals surface area contributed by atoms with E-state index in [0.29, 0.717) is 13.0 Å². The Hall–Kier alpha value is -1.69. The molecular formula is C13H18FN3O2. The number of amides is 1. The van der Waals surface area contributed by atoms with Crippen molar-refractivity contribution in [1.82, 2.24) is 9.88 Å². The van der Waals surface area contributed by atoms with Gasteiger partial charge in [0.25, 0.3) is 5.91 Å². The number of hydrogen-bond donors (Lipinski definition) is 2. The average molecular weight is 267 g/mol. The molecule has 19 heavy (non-hydrogen) atoms. The minimum absolute atomic E-state index is 0.0246. The zero-order chi connectivity index (χ0) is 13.8. The summed E-state index contributed by atoms with van der Waals surface area (Å²) < 4.78 is 13.8. The van der Waals surface area contributed by atoms with Crippen molar-refractivity contribution >= 4 is 11.7 Å². The van der Waals surface area contributed by atoms with Crippen molar-refractivity contribution in [3.8, 4) is 0 Å². The fourth-order valence-corrected chi connectivity index (χ4v) is 2.51. The van der Waals surface area contributed by atoms with Gasteiger partial charge in [-0.2, -0.15) is 0 Å². The summed E-state index contributed by atoms with van der Waals surface area (Å²) in [6, 6.07) is 1.43. The van der Waals surface area contributed by atoms with Crippen molar-refractivity contribution in [1.29, 1.82) is 0 Å². The third-order valence-electron chi connectivity index (χ3n) is 3.48. The second-order valence-corrected chi connectivity index (χ2v) is 4.72. The van der Waals surface area contributed by atoms with E-state index in [0.717, 1.165) is 19.3 Å². The third-order valence-corrected chi connectivity index (χ3v) is 3.48. The summed E-state index contributed by atoms with van der Waals surface area (Å²) in [7, 11) is 0. The summed E-state index contributed by atoms with van der Waals surface area (Å²) >= 11 is 0. The lowest BCUT2D eigenvalue weighted by Crippen LogP contribution is -2.36. The molecule has 1 aromatic heterocycles. The molecule has 1 aliphatic heterocycles. The van der Waals surface area contributed by atoms with E-state index in [2.05, 4.69) is 4.98 Å². The topological polar surface area (TPSA) is 79.5 Å². The van der Waals surface area contributed by atoms with E-state index in [1.807, 2.05) is 0 Å². The molecule has 0 bridgehead atoms. The van der Waals surface area contributed by atoms with E-state index in [4.69, 9.17) is 10.8 Å². The number of aliphatic hydroxyl groups is 1. The van der Waals surface area contributed by atoms with Gasteiger partial charge in [0.05, 0.1) is 5.56 Å². The van der Waals surface area contributed by atoms with Crippen LogP contribution in [0.4, 0.5) is 10.2 Å². The third kappa shape index (κ3) is 2.84. The number of aromatic nitrogens is 1. The van der Waals surface area contributed by atoms with Crippen molar-refractivity contribution in [2.45, 2.75) is 31.7 Å². The van der Waals surface area contributed by atoms with Crippen molar-refractivity contribution in [3.05, 3.63) is 23.6 Å². The van der Waals surface area contributed by atoms with E-state index >= 15 is 0 Å². The first-order valence-corrected chi connectivity index (χ1v) is 6.47. The number of carbonyl (C=O) groups is 1. The highest BCUT2D eigenvalue weighted by Gasteiger charge is 2.30. The Bertz CT molecular complexity index is 467. The first-order valence-electron chi connectivity index (χ1n) is 6.47. The van der Waals surface area contributed by atoms with Crippen molar-refractivity contribution in [2.24, 2.45) is 0 Å². The van der Waals surface area contributed by atoms with E-state index in [1.54, 1.807) is 4.90 Å². The molecule has 0 aliphatic carbocycles. The molecule has 1 aromatic rings. The van der Waals surface area contributed by atoms with E-state index in [1.165, 1.54) is 12.3 Å². The Balaban J connectivity index is 2.16. The number of aliphatic hydroxyl groups excluding tert-OH is 1. The number of carbonyl (C=O) groups excluding carboxylic acids is 1. The van der Waals surface area contributed by atoms with Gasteiger partial charge < -0.3 is 15.7 Å².